The minimum atomic E-state index is -0.806. The number of benzene rings is 1. The second-order valence-electron chi connectivity index (χ2n) is 8.37. The van der Waals surface area contributed by atoms with E-state index in [0.717, 1.165) is 12.8 Å². The second kappa shape index (κ2) is 9.74. The van der Waals surface area contributed by atoms with E-state index in [-0.39, 0.29) is 36.1 Å². The van der Waals surface area contributed by atoms with Crippen LogP contribution in [0.3, 0.4) is 0 Å². The molecule has 2 aliphatic rings. The number of hydrogen-bond acceptors (Lipinski definition) is 5. The first kappa shape index (κ1) is 23.1. The molecular weight excluding hydrogens is 399 g/mol. The van der Waals surface area contributed by atoms with Crippen molar-refractivity contribution in [1.29, 1.82) is 0 Å². The minimum absolute atomic E-state index is 0.0454. The smallest absolute Gasteiger partial charge is 0.189 e. The van der Waals surface area contributed by atoms with Gasteiger partial charge < -0.3 is 18.9 Å². The fourth-order valence-corrected chi connectivity index (χ4v) is 4.33. The molecule has 0 radical (unpaired) electrons. The van der Waals surface area contributed by atoms with Gasteiger partial charge >= 0.3 is 0 Å². The Morgan fingerprint density at radius 2 is 2.13 bits per heavy atom. The first-order chi connectivity index (χ1) is 14.9. The zero-order valence-corrected chi connectivity index (χ0v) is 18.7. The Morgan fingerprint density at radius 1 is 1.35 bits per heavy atom. The zero-order chi connectivity index (χ0) is 22.6. The summed E-state index contributed by atoms with van der Waals surface area (Å²) in [5, 5.41) is 0. The highest BCUT2D eigenvalue weighted by molar-refractivity contribution is 5.94. The van der Waals surface area contributed by atoms with Crippen molar-refractivity contribution in [3.8, 4) is 23.8 Å². The molecule has 5 nitrogen and oxygen atoms in total. The quantitative estimate of drug-likeness (QED) is 0.421. The number of ether oxygens (including phenoxy) is 4. The summed E-state index contributed by atoms with van der Waals surface area (Å²) in [5.74, 6) is 2.92. The van der Waals surface area contributed by atoms with Crippen LogP contribution in [0.25, 0.3) is 0 Å². The van der Waals surface area contributed by atoms with E-state index in [1.165, 1.54) is 19.3 Å². The number of carbonyl (C=O) groups excluding carboxylic acids is 1. The molecular formula is C25H31FO5. The van der Waals surface area contributed by atoms with Crippen molar-refractivity contribution in [2.75, 3.05) is 20.5 Å². The lowest BCUT2D eigenvalue weighted by molar-refractivity contribution is -0.124. The predicted octanol–water partition coefficient (Wildman–Crippen LogP) is 4.68. The summed E-state index contributed by atoms with van der Waals surface area (Å²) in [7, 11) is 1.50. The molecule has 1 aromatic rings. The van der Waals surface area contributed by atoms with Gasteiger partial charge in [0.25, 0.3) is 0 Å². The van der Waals surface area contributed by atoms with Gasteiger partial charge in [0.1, 0.15) is 17.2 Å². The third-order valence-corrected chi connectivity index (χ3v) is 6.39. The van der Waals surface area contributed by atoms with Crippen molar-refractivity contribution in [3.05, 3.63) is 35.3 Å². The fraction of sp³-hybridized carbons (Fsp3) is 0.560. The normalized spacial score (nSPS) is 24.5. The molecule has 31 heavy (non-hydrogen) atoms. The second-order valence-corrected chi connectivity index (χ2v) is 8.37. The van der Waals surface area contributed by atoms with Crippen molar-refractivity contribution >= 4 is 5.78 Å². The van der Waals surface area contributed by atoms with Crippen LogP contribution in [0.5, 0.6) is 11.5 Å². The maximum absolute atomic E-state index is 14.9. The molecule has 1 unspecified atom stereocenters. The van der Waals surface area contributed by atoms with E-state index in [4.69, 9.17) is 25.4 Å². The summed E-state index contributed by atoms with van der Waals surface area (Å²) in [6.07, 6.45) is 9.80. The van der Waals surface area contributed by atoms with Gasteiger partial charge in [-0.25, -0.2) is 4.39 Å². The zero-order valence-electron chi connectivity index (χ0n) is 18.7. The third kappa shape index (κ3) is 4.57. The molecule has 3 rings (SSSR count). The Bertz CT molecular complexity index is 887. The van der Waals surface area contributed by atoms with Crippen LogP contribution in [0.4, 0.5) is 4.39 Å². The van der Waals surface area contributed by atoms with Gasteiger partial charge in [-0.15, -0.1) is 12.3 Å². The lowest BCUT2D eigenvalue weighted by atomic mass is 9.69. The molecule has 168 valence electrons. The van der Waals surface area contributed by atoms with Crippen LogP contribution in [0, 0.1) is 35.9 Å². The Morgan fingerprint density at radius 3 is 2.81 bits per heavy atom. The highest BCUT2D eigenvalue weighted by Gasteiger charge is 2.52. The van der Waals surface area contributed by atoms with E-state index < -0.39 is 5.60 Å². The number of halogens is 1. The third-order valence-electron chi connectivity index (χ3n) is 6.39. The van der Waals surface area contributed by atoms with Gasteiger partial charge in [-0.05, 0) is 36.8 Å². The molecule has 1 aromatic carbocycles. The van der Waals surface area contributed by atoms with Crippen molar-refractivity contribution < 1.29 is 28.1 Å². The van der Waals surface area contributed by atoms with Crippen LogP contribution < -0.4 is 9.47 Å². The molecule has 1 heterocycles. The monoisotopic (exact) mass is 430 g/mol. The Labute approximate surface area is 183 Å². The molecule has 1 aliphatic carbocycles. The van der Waals surface area contributed by atoms with Crippen LogP contribution in [0.1, 0.15) is 45.6 Å². The highest BCUT2D eigenvalue weighted by atomic mass is 19.1. The summed E-state index contributed by atoms with van der Waals surface area (Å²) >= 11 is 0. The number of ketones is 1. The average molecular weight is 431 g/mol. The lowest BCUT2D eigenvalue weighted by Gasteiger charge is -2.39. The molecule has 0 saturated carbocycles. The SMILES string of the molecule is C#CC(C)[C@H]1C[C@]2([C@@H](C)Cc3cc(OCCCC)c(OC)cc3F)OCOC2=CC1=O. The van der Waals surface area contributed by atoms with Crippen molar-refractivity contribution in [3.63, 3.8) is 0 Å². The van der Waals surface area contributed by atoms with Crippen molar-refractivity contribution in [1.82, 2.24) is 0 Å². The highest BCUT2D eigenvalue weighted by Crippen LogP contribution is 2.47. The number of allylic oxidation sites excluding steroid dienone is 1. The number of terminal acetylenes is 1. The van der Waals surface area contributed by atoms with E-state index in [0.29, 0.717) is 42.3 Å². The summed E-state index contributed by atoms with van der Waals surface area (Å²) in [6, 6.07) is 3.06. The van der Waals surface area contributed by atoms with E-state index in [1.807, 2.05) is 13.8 Å². The Balaban J connectivity index is 1.88. The van der Waals surface area contributed by atoms with E-state index >= 15 is 0 Å². The van der Waals surface area contributed by atoms with Crippen LogP contribution in [-0.4, -0.2) is 31.9 Å². The molecule has 1 fully saturated rings. The molecule has 0 N–H and O–H groups in total. The first-order valence-electron chi connectivity index (χ1n) is 10.8. The van der Waals surface area contributed by atoms with Gasteiger partial charge in [-0.3, -0.25) is 4.79 Å². The van der Waals surface area contributed by atoms with Gasteiger partial charge in [0.05, 0.1) is 13.7 Å². The number of fused-ring (bicyclic) bond motifs is 1. The van der Waals surface area contributed by atoms with Crippen molar-refractivity contribution in [2.45, 2.75) is 52.1 Å². The Hall–Kier alpha value is -2.52. The molecule has 0 bridgehead atoms. The maximum Gasteiger partial charge on any atom is 0.189 e. The van der Waals surface area contributed by atoms with E-state index in [2.05, 4.69) is 12.8 Å². The predicted molar refractivity (Wildman–Crippen MR) is 115 cm³/mol. The maximum atomic E-state index is 14.9. The largest absolute Gasteiger partial charge is 0.493 e. The molecule has 1 aliphatic heterocycles. The van der Waals surface area contributed by atoms with Crippen LogP contribution >= 0.6 is 0 Å². The summed E-state index contributed by atoms with van der Waals surface area (Å²) in [6.45, 7) is 6.53. The molecule has 1 saturated heterocycles. The van der Waals surface area contributed by atoms with Crippen LogP contribution in [0.15, 0.2) is 24.0 Å². The topological polar surface area (TPSA) is 54.0 Å². The molecule has 6 heteroatoms. The van der Waals surface area contributed by atoms with Crippen molar-refractivity contribution in [2.24, 2.45) is 17.8 Å². The van der Waals surface area contributed by atoms with Gasteiger partial charge in [0, 0.05) is 24.0 Å². The minimum Gasteiger partial charge on any atom is -0.493 e. The summed E-state index contributed by atoms with van der Waals surface area (Å²) < 4.78 is 37.7. The van der Waals surface area contributed by atoms with Gasteiger partial charge in [-0.2, -0.15) is 0 Å². The molecule has 0 spiro atoms. The number of carbonyl (C=O) groups is 1. The standard InChI is InChI=1S/C25H31FO5/c1-6-8-9-29-23-11-18(20(26)12-22(23)28-5)10-17(4)25-14-19(16(3)7-2)21(27)13-24(25)30-15-31-25/h2,11-13,16-17,19H,6,8-10,14-15H2,1,3-5H3/t16?,17-,19+,25+/m0/s1. The molecule has 4 atom stereocenters. The summed E-state index contributed by atoms with van der Waals surface area (Å²) in [5.41, 5.74) is -0.304. The van der Waals surface area contributed by atoms with Crippen LogP contribution in [-0.2, 0) is 20.7 Å². The Kier molecular flexibility index (Phi) is 7.27. The fourth-order valence-electron chi connectivity index (χ4n) is 4.33. The number of methoxy groups -OCH3 is 1. The van der Waals surface area contributed by atoms with E-state index in [1.54, 1.807) is 6.07 Å². The first-order valence-corrected chi connectivity index (χ1v) is 10.8. The summed E-state index contributed by atoms with van der Waals surface area (Å²) in [4.78, 5) is 12.6. The van der Waals surface area contributed by atoms with Gasteiger partial charge in [-0.1, -0.05) is 27.2 Å². The van der Waals surface area contributed by atoms with Crippen LogP contribution in [0.2, 0.25) is 0 Å². The average Bonchev–Trinajstić information content (AvgIpc) is 3.18. The van der Waals surface area contributed by atoms with Gasteiger partial charge in [0.2, 0.25) is 0 Å². The van der Waals surface area contributed by atoms with Gasteiger partial charge in [0.15, 0.2) is 24.1 Å². The molecule has 0 aromatic heterocycles. The molecule has 0 amide bonds. The number of hydrogen-bond donors (Lipinski definition) is 0. The lowest BCUT2D eigenvalue weighted by Crippen LogP contribution is -2.46. The number of unbranched alkanes of at least 4 members (excludes halogenated alkanes) is 1. The van der Waals surface area contributed by atoms with E-state index in [9.17, 15) is 9.18 Å². The number of rotatable bonds is 9.